The molecule has 106 valence electrons. The molecule has 0 aromatic carbocycles. The predicted molar refractivity (Wildman–Crippen MR) is 77.9 cm³/mol. The number of hydrogen-bond donors (Lipinski definition) is 1. The molecule has 3 rings (SSSR count). The minimum absolute atomic E-state index is 0.250. The maximum Gasteiger partial charge on any atom is 0.329 e. The highest BCUT2D eigenvalue weighted by Gasteiger charge is 2.26. The smallest absolute Gasteiger partial charge is 0.285 e. The van der Waals surface area contributed by atoms with Crippen LogP contribution in [0.2, 0.25) is 0 Å². The van der Waals surface area contributed by atoms with Gasteiger partial charge in [-0.3, -0.25) is 19.4 Å². The first-order valence-corrected chi connectivity index (χ1v) is 6.77. The van der Waals surface area contributed by atoms with Gasteiger partial charge in [0.25, 0.3) is 0 Å². The summed E-state index contributed by atoms with van der Waals surface area (Å²) in [5.41, 5.74) is 1.53. The molecule has 0 atom stereocenters. The van der Waals surface area contributed by atoms with Crippen LogP contribution in [0, 0.1) is 11.8 Å². The Balaban J connectivity index is 2.05. The third-order valence-electron chi connectivity index (χ3n) is 3.25. The zero-order chi connectivity index (χ0) is 14.8. The molecule has 6 nitrogen and oxygen atoms in total. The van der Waals surface area contributed by atoms with Crippen LogP contribution in [0.4, 0.5) is 10.6 Å². The summed E-state index contributed by atoms with van der Waals surface area (Å²) in [5.74, 6) is 6.47. The normalized spacial score (nSPS) is 14.8. The second-order valence-corrected chi connectivity index (χ2v) is 4.64. The van der Waals surface area contributed by atoms with Gasteiger partial charge in [-0.2, -0.15) is 0 Å². The Hall–Kier alpha value is -2.81. The molecule has 3 amide bonds. The molecule has 2 aromatic rings. The van der Waals surface area contributed by atoms with E-state index in [1.807, 2.05) is 29.7 Å². The number of aromatic nitrogens is 2. The third-order valence-corrected chi connectivity index (χ3v) is 3.25. The number of nitrogens with zero attached hydrogens (tertiary/aromatic N) is 3. The lowest BCUT2D eigenvalue weighted by Gasteiger charge is -2.25. The highest BCUT2D eigenvalue weighted by molar-refractivity contribution is 6.05. The van der Waals surface area contributed by atoms with Crippen LogP contribution < -0.4 is 10.2 Å². The van der Waals surface area contributed by atoms with E-state index in [-0.39, 0.29) is 12.3 Å². The van der Waals surface area contributed by atoms with Gasteiger partial charge in [0.2, 0.25) is 5.91 Å². The number of amides is 3. The Morgan fingerprint density at radius 2 is 2.29 bits per heavy atom. The summed E-state index contributed by atoms with van der Waals surface area (Å²) >= 11 is 0. The molecule has 1 aliphatic heterocycles. The van der Waals surface area contributed by atoms with Gasteiger partial charge in [0, 0.05) is 25.6 Å². The van der Waals surface area contributed by atoms with Crippen LogP contribution in [0.25, 0.3) is 5.65 Å². The van der Waals surface area contributed by atoms with Crippen LogP contribution >= 0.6 is 0 Å². The number of hydrogen-bond acceptors (Lipinski definition) is 3. The van der Waals surface area contributed by atoms with Gasteiger partial charge in [0.05, 0.1) is 11.8 Å². The number of urea groups is 1. The lowest BCUT2D eigenvalue weighted by atomic mass is 10.2. The summed E-state index contributed by atoms with van der Waals surface area (Å²) in [6, 6.07) is 3.34. The number of rotatable bonds is 1. The molecule has 0 aliphatic carbocycles. The second-order valence-electron chi connectivity index (χ2n) is 4.64. The zero-order valence-corrected chi connectivity index (χ0v) is 11.6. The lowest BCUT2D eigenvalue weighted by Crippen LogP contribution is -2.50. The number of nitrogens with one attached hydrogen (secondary N) is 1. The second kappa shape index (κ2) is 5.29. The molecule has 0 unspecified atom stereocenters. The lowest BCUT2D eigenvalue weighted by molar-refractivity contribution is -0.120. The average Bonchev–Trinajstić information content (AvgIpc) is 2.89. The van der Waals surface area contributed by atoms with Crippen LogP contribution in [-0.2, 0) is 4.79 Å². The molecule has 0 radical (unpaired) electrons. The number of imide groups is 1. The van der Waals surface area contributed by atoms with Gasteiger partial charge in [-0.15, -0.1) is 0 Å². The molecule has 0 spiro atoms. The van der Waals surface area contributed by atoms with Crippen LogP contribution in [0.5, 0.6) is 0 Å². The number of carbonyl (C=O) groups is 2. The summed E-state index contributed by atoms with van der Waals surface area (Å²) in [7, 11) is 0. The van der Waals surface area contributed by atoms with Crippen LogP contribution in [-0.4, -0.2) is 27.9 Å². The fraction of sp³-hybridized carbons (Fsp3) is 0.267. The maximum atomic E-state index is 11.9. The Morgan fingerprint density at radius 1 is 1.43 bits per heavy atom. The number of fused-ring (bicyclic) bond motifs is 1. The van der Waals surface area contributed by atoms with E-state index in [0.29, 0.717) is 18.0 Å². The molecule has 1 N–H and O–H groups in total. The van der Waals surface area contributed by atoms with Crippen molar-refractivity contribution < 1.29 is 9.59 Å². The molecule has 1 aliphatic rings. The summed E-state index contributed by atoms with van der Waals surface area (Å²) in [6.07, 6.45) is 4.51. The van der Waals surface area contributed by atoms with Crippen molar-refractivity contribution in [2.24, 2.45) is 0 Å². The van der Waals surface area contributed by atoms with Crippen molar-refractivity contribution in [2.45, 2.75) is 19.8 Å². The van der Waals surface area contributed by atoms with Crippen molar-refractivity contribution in [3.8, 4) is 11.8 Å². The van der Waals surface area contributed by atoms with Gasteiger partial charge in [0.15, 0.2) is 5.65 Å². The Labute approximate surface area is 121 Å². The number of carbonyl (C=O) groups excluding carboxylic acids is 2. The van der Waals surface area contributed by atoms with E-state index in [4.69, 9.17) is 0 Å². The molecule has 1 saturated heterocycles. The zero-order valence-electron chi connectivity index (χ0n) is 11.6. The molecule has 0 bridgehead atoms. The van der Waals surface area contributed by atoms with Crippen molar-refractivity contribution in [2.75, 3.05) is 11.4 Å². The van der Waals surface area contributed by atoms with Crippen molar-refractivity contribution >= 4 is 23.4 Å². The monoisotopic (exact) mass is 282 g/mol. The van der Waals surface area contributed by atoms with E-state index in [9.17, 15) is 9.59 Å². The molecular weight excluding hydrogens is 268 g/mol. The van der Waals surface area contributed by atoms with Crippen molar-refractivity contribution in [1.29, 1.82) is 0 Å². The molecule has 21 heavy (non-hydrogen) atoms. The van der Waals surface area contributed by atoms with Gasteiger partial charge < -0.3 is 0 Å². The van der Waals surface area contributed by atoms with E-state index < -0.39 is 6.03 Å². The van der Waals surface area contributed by atoms with Crippen molar-refractivity contribution in [3.05, 3.63) is 30.1 Å². The number of anilines is 1. The van der Waals surface area contributed by atoms with Gasteiger partial charge in [-0.25, -0.2) is 9.78 Å². The molecule has 2 aromatic heterocycles. The first-order chi connectivity index (χ1) is 10.2. The summed E-state index contributed by atoms with van der Waals surface area (Å²) in [5, 5.41) is 2.31. The van der Waals surface area contributed by atoms with Crippen LogP contribution in [0.15, 0.2) is 24.5 Å². The molecule has 1 fully saturated rings. The van der Waals surface area contributed by atoms with Crippen molar-refractivity contribution in [3.63, 3.8) is 0 Å². The fourth-order valence-electron chi connectivity index (χ4n) is 2.26. The maximum absolute atomic E-state index is 11.9. The van der Waals surface area contributed by atoms with E-state index >= 15 is 0 Å². The quantitative estimate of drug-likeness (QED) is 0.807. The first kappa shape index (κ1) is 13.2. The van der Waals surface area contributed by atoms with Gasteiger partial charge in [-0.05, 0) is 12.1 Å². The summed E-state index contributed by atoms with van der Waals surface area (Å²) in [6.45, 7) is 2.34. The van der Waals surface area contributed by atoms with Gasteiger partial charge >= 0.3 is 6.03 Å². The van der Waals surface area contributed by atoms with Crippen LogP contribution in [0.1, 0.15) is 25.3 Å². The average molecular weight is 282 g/mol. The molecule has 3 heterocycles. The van der Waals surface area contributed by atoms with E-state index in [0.717, 1.165) is 12.0 Å². The number of imidazole rings is 1. The Kier molecular flexibility index (Phi) is 3.32. The van der Waals surface area contributed by atoms with Crippen LogP contribution in [0.3, 0.4) is 0 Å². The first-order valence-electron chi connectivity index (χ1n) is 6.77. The third kappa shape index (κ3) is 2.34. The Morgan fingerprint density at radius 3 is 3.05 bits per heavy atom. The molecule has 6 heteroatoms. The largest absolute Gasteiger partial charge is 0.329 e. The fourth-order valence-corrected chi connectivity index (χ4v) is 2.26. The van der Waals surface area contributed by atoms with Gasteiger partial charge in [0.1, 0.15) is 5.82 Å². The minimum Gasteiger partial charge on any atom is -0.285 e. The highest BCUT2D eigenvalue weighted by atomic mass is 16.2. The van der Waals surface area contributed by atoms with Crippen molar-refractivity contribution in [1.82, 2.24) is 14.7 Å². The SMILES string of the molecule is CCC#Cc1cccn2c(N3CCC(=O)NC3=O)cnc12. The highest BCUT2D eigenvalue weighted by Crippen LogP contribution is 2.20. The van der Waals surface area contributed by atoms with Gasteiger partial charge in [-0.1, -0.05) is 18.8 Å². The topological polar surface area (TPSA) is 66.7 Å². The summed E-state index contributed by atoms with van der Waals surface area (Å²) in [4.78, 5) is 29.0. The molecule has 0 saturated carbocycles. The predicted octanol–water partition coefficient (Wildman–Crippen LogP) is 1.54. The standard InChI is InChI=1S/C15H14N4O2/c1-2-3-5-11-6-4-8-18-13(10-16-14(11)18)19-9-7-12(20)17-15(19)21/h4,6,8,10H,2,7,9H2,1H3,(H,17,20,21). The number of pyridine rings is 1. The summed E-state index contributed by atoms with van der Waals surface area (Å²) < 4.78 is 1.81. The molecular formula is C15H14N4O2. The van der Waals surface area contributed by atoms with E-state index in [2.05, 4.69) is 22.1 Å². The van der Waals surface area contributed by atoms with E-state index in [1.54, 1.807) is 6.20 Å². The van der Waals surface area contributed by atoms with E-state index in [1.165, 1.54) is 4.90 Å². The Bertz CT molecular complexity index is 782. The minimum atomic E-state index is -0.418.